The summed E-state index contributed by atoms with van der Waals surface area (Å²) in [7, 11) is 0. The summed E-state index contributed by atoms with van der Waals surface area (Å²) >= 11 is 0. The highest BCUT2D eigenvalue weighted by Crippen LogP contribution is 2.19. The molecule has 1 aliphatic heterocycles. The summed E-state index contributed by atoms with van der Waals surface area (Å²) in [5.41, 5.74) is 0. The molecule has 0 saturated heterocycles. The quantitative estimate of drug-likeness (QED) is 0.294. The van der Waals surface area contributed by atoms with Gasteiger partial charge in [0.1, 0.15) is 11.7 Å². The zero-order valence-electron chi connectivity index (χ0n) is 8.08. The molecule has 0 amide bonds. The minimum Gasteiger partial charge on any atom is -0.431 e. The van der Waals surface area contributed by atoms with Crippen molar-refractivity contribution in [2.45, 2.75) is 26.2 Å². The fourth-order valence-electron chi connectivity index (χ4n) is 1.34. The van der Waals surface area contributed by atoms with Crippen LogP contribution in [-0.2, 0) is 14.3 Å². The Balaban J connectivity index is 2.57. The second kappa shape index (κ2) is 4.61. The fourth-order valence-corrected chi connectivity index (χ4v) is 1.34. The van der Waals surface area contributed by atoms with Gasteiger partial charge in [-0.05, 0) is 19.8 Å². The number of hydrogen-bond acceptors (Lipinski definition) is 3. The van der Waals surface area contributed by atoms with Gasteiger partial charge in [-0.15, -0.1) is 12.3 Å². The van der Waals surface area contributed by atoms with E-state index in [9.17, 15) is 9.59 Å². The lowest BCUT2D eigenvalue weighted by molar-refractivity contribution is -0.149. The number of ketones is 1. The molecule has 1 heterocycles. The van der Waals surface area contributed by atoms with E-state index in [2.05, 4.69) is 5.92 Å². The van der Waals surface area contributed by atoms with Crippen LogP contribution in [0.15, 0.2) is 11.8 Å². The molecule has 0 saturated carbocycles. The molecule has 0 radical (unpaired) electrons. The van der Waals surface area contributed by atoms with Gasteiger partial charge in [-0.25, -0.2) is 0 Å². The van der Waals surface area contributed by atoms with Crippen molar-refractivity contribution in [2.24, 2.45) is 5.92 Å². The Bertz CT molecular complexity index is 320. The highest BCUT2D eigenvalue weighted by atomic mass is 16.5. The van der Waals surface area contributed by atoms with Gasteiger partial charge >= 0.3 is 5.97 Å². The molecule has 0 N–H and O–H groups in total. The molecule has 0 aromatic carbocycles. The Labute approximate surface area is 83.1 Å². The third-order valence-corrected chi connectivity index (χ3v) is 2.05. The molecule has 0 aromatic rings. The SMILES string of the molecule is C#CCCCC1C(=O)C=C(C)OC1=O. The Morgan fingerprint density at radius 2 is 2.29 bits per heavy atom. The monoisotopic (exact) mass is 192 g/mol. The summed E-state index contributed by atoms with van der Waals surface area (Å²) in [6.07, 6.45) is 8.17. The maximum atomic E-state index is 11.4. The van der Waals surface area contributed by atoms with E-state index in [4.69, 9.17) is 11.2 Å². The average Bonchev–Trinajstić information content (AvgIpc) is 2.09. The molecule has 1 rings (SSSR count). The zero-order chi connectivity index (χ0) is 10.6. The van der Waals surface area contributed by atoms with Crippen LogP contribution in [-0.4, -0.2) is 11.8 Å². The Morgan fingerprint density at radius 1 is 1.57 bits per heavy atom. The first-order chi connectivity index (χ1) is 6.65. The predicted octanol–water partition coefficient (Wildman–Crippen LogP) is 1.44. The molecule has 3 heteroatoms. The van der Waals surface area contributed by atoms with Gasteiger partial charge in [-0.1, -0.05) is 0 Å². The first-order valence-electron chi connectivity index (χ1n) is 4.52. The molecule has 1 unspecified atom stereocenters. The smallest absolute Gasteiger partial charge is 0.321 e. The molecule has 0 aliphatic carbocycles. The number of esters is 1. The summed E-state index contributed by atoms with van der Waals surface area (Å²) in [5.74, 6) is 1.57. The first kappa shape index (κ1) is 10.5. The van der Waals surface area contributed by atoms with Crippen molar-refractivity contribution in [1.82, 2.24) is 0 Å². The molecule has 14 heavy (non-hydrogen) atoms. The lowest BCUT2D eigenvalue weighted by Gasteiger charge is -2.17. The standard InChI is InChI=1S/C11H12O3/c1-3-4-5-6-9-10(12)7-8(2)14-11(9)13/h1,7,9H,4-6H2,2H3. The molecular weight excluding hydrogens is 180 g/mol. The van der Waals surface area contributed by atoms with Gasteiger partial charge in [-0.3, -0.25) is 9.59 Å². The van der Waals surface area contributed by atoms with E-state index >= 15 is 0 Å². The van der Waals surface area contributed by atoms with Crippen LogP contribution in [0.4, 0.5) is 0 Å². The molecule has 0 bridgehead atoms. The highest BCUT2D eigenvalue weighted by molar-refractivity contribution is 6.07. The molecule has 74 valence electrons. The van der Waals surface area contributed by atoms with Crippen LogP contribution in [0.5, 0.6) is 0 Å². The van der Waals surface area contributed by atoms with Gasteiger partial charge in [0, 0.05) is 12.5 Å². The van der Waals surface area contributed by atoms with E-state index < -0.39 is 11.9 Å². The van der Waals surface area contributed by atoms with E-state index in [1.54, 1.807) is 6.92 Å². The number of carbonyl (C=O) groups is 2. The van der Waals surface area contributed by atoms with Crippen LogP contribution in [0.25, 0.3) is 0 Å². The largest absolute Gasteiger partial charge is 0.431 e. The average molecular weight is 192 g/mol. The number of hydrogen-bond donors (Lipinski definition) is 0. The number of terminal acetylenes is 1. The summed E-state index contributed by atoms with van der Waals surface area (Å²) < 4.78 is 4.85. The van der Waals surface area contributed by atoms with E-state index in [1.807, 2.05) is 0 Å². The molecular formula is C11H12O3. The highest BCUT2D eigenvalue weighted by Gasteiger charge is 2.30. The predicted molar refractivity (Wildman–Crippen MR) is 51.0 cm³/mol. The number of rotatable bonds is 3. The summed E-state index contributed by atoms with van der Waals surface area (Å²) in [6, 6.07) is 0. The van der Waals surface area contributed by atoms with Gasteiger partial charge < -0.3 is 4.74 Å². The number of unbranched alkanes of at least 4 members (excludes halogenated alkanes) is 1. The maximum Gasteiger partial charge on any atom is 0.321 e. The van der Waals surface area contributed by atoms with Crippen LogP contribution in [0.1, 0.15) is 26.2 Å². The summed E-state index contributed by atoms with van der Waals surface area (Å²) in [4.78, 5) is 22.7. The zero-order valence-corrected chi connectivity index (χ0v) is 8.08. The normalized spacial score (nSPS) is 21.1. The summed E-state index contributed by atoms with van der Waals surface area (Å²) in [6.45, 7) is 1.59. The Kier molecular flexibility index (Phi) is 3.47. The van der Waals surface area contributed by atoms with Crippen LogP contribution in [0.2, 0.25) is 0 Å². The number of cyclic esters (lactones) is 1. The lowest BCUT2D eigenvalue weighted by Crippen LogP contribution is -2.28. The molecule has 1 aliphatic rings. The second-order valence-corrected chi connectivity index (χ2v) is 3.23. The van der Waals surface area contributed by atoms with E-state index in [-0.39, 0.29) is 5.78 Å². The van der Waals surface area contributed by atoms with Crippen LogP contribution < -0.4 is 0 Å². The molecule has 3 nitrogen and oxygen atoms in total. The van der Waals surface area contributed by atoms with Gasteiger partial charge in [-0.2, -0.15) is 0 Å². The van der Waals surface area contributed by atoms with E-state index in [1.165, 1.54) is 6.08 Å². The topological polar surface area (TPSA) is 43.4 Å². The van der Waals surface area contributed by atoms with Crippen molar-refractivity contribution >= 4 is 11.8 Å². The van der Waals surface area contributed by atoms with Crippen LogP contribution in [0.3, 0.4) is 0 Å². The Morgan fingerprint density at radius 3 is 2.86 bits per heavy atom. The maximum absolute atomic E-state index is 11.4. The first-order valence-corrected chi connectivity index (χ1v) is 4.52. The molecule has 0 fully saturated rings. The lowest BCUT2D eigenvalue weighted by atomic mass is 9.95. The van der Waals surface area contributed by atoms with Crippen LogP contribution >= 0.6 is 0 Å². The van der Waals surface area contributed by atoms with E-state index in [0.29, 0.717) is 25.0 Å². The van der Waals surface area contributed by atoms with E-state index in [0.717, 1.165) is 0 Å². The Hall–Kier alpha value is -1.56. The number of allylic oxidation sites excluding steroid dienone is 2. The van der Waals surface area contributed by atoms with Gasteiger partial charge in [0.15, 0.2) is 5.78 Å². The number of carbonyl (C=O) groups excluding carboxylic acids is 2. The van der Waals surface area contributed by atoms with Gasteiger partial charge in [0.2, 0.25) is 0 Å². The molecule has 0 aromatic heterocycles. The minimum atomic E-state index is -0.646. The molecule has 0 spiro atoms. The second-order valence-electron chi connectivity index (χ2n) is 3.23. The van der Waals surface area contributed by atoms with Crippen molar-refractivity contribution in [3.05, 3.63) is 11.8 Å². The van der Waals surface area contributed by atoms with Crippen molar-refractivity contribution in [3.63, 3.8) is 0 Å². The van der Waals surface area contributed by atoms with Crippen molar-refractivity contribution < 1.29 is 14.3 Å². The third kappa shape index (κ3) is 2.46. The molecule has 1 atom stereocenters. The third-order valence-electron chi connectivity index (χ3n) is 2.05. The summed E-state index contributed by atoms with van der Waals surface area (Å²) in [5, 5.41) is 0. The van der Waals surface area contributed by atoms with Crippen molar-refractivity contribution in [1.29, 1.82) is 0 Å². The minimum absolute atomic E-state index is 0.171. The van der Waals surface area contributed by atoms with Gasteiger partial charge in [0.05, 0.1) is 0 Å². The van der Waals surface area contributed by atoms with Gasteiger partial charge in [0.25, 0.3) is 0 Å². The van der Waals surface area contributed by atoms with Crippen molar-refractivity contribution in [2.75, 3.05) is 0 Å². The van der Waals surface area contributed by atoms with Crippen LogP contribution in [0, 0.1) is 18.3 Å². The number of ether oxygens (including phenoxy) is 1. The van der Waals surface area contributed by atoms with Crippen molar-refractivity contribution in [3.8, 4) is 12.3 Å². The fraction of sp³-hybridized carbons (Fsp3) is 0.455.